The van der Waals surface area contributed by atoms with Crippen LogP contribution < -0.4 is 0 Å². The van der Waals surface area contributed by atoms with E-state index in [1.54, 1.807) is 0 Å². The topological polar surface area (TPSA) is 47.6 Å². The molecule has 0 unspecified atom stereocenters. The second-order valence-corrected chi connectivity index (χ2v) is 6.40. The second-order valence-electron chi connectivity index (χ2n) is 3.72. The molecule has 0 aromatic carbocycles. The molecule has 3 heteroatoms. The van der Waals surface area contributed by atoms with Crippen molar-refractivity contribution in [2.45, 2.75) is 45.4 Å². The van der Waals surface area contributed by atoms with Gasteiger partial charge in [0.05, 0.1) is 12.1 Å². The van der Waals surface area contributed by atoms with Gasteiger partial charge in [-0.25, -0.2) is 0 Å². The fraction of sp³-hybridized carbons (Fsp3) is 0.833. The van der Waals surface area contributed by atoms with Gasteiger partial charge in [-0.1, -0.05) is 13.3 Å². The molecular formula is C12H21N2P. The number of hydrogen-bond donors (Lipinski definition) is 0. The lowest BCUT2D eigenvalue weighted by atomic mass is 10.4. The molecule has 15 heavy (non-hydrogen) atoms. The summed E-state index contributed by atoms with van der Waals surface area (Å²) in [6, 6.07) is 4.41. The van der Waals surface area contributed by atoms with Crippen molar-refractivity contribution in [3.05, 3.63) is 0 Å². The minimum absolute atomic E-state index is 0.108. The Kier molecular flexibility index (Phi) is 11.0. The first-order chi connectivity index (χ1) is 7.35. The van der Waals surface area contributed by atoms with Gasteiger partial charge in [-0.3, -0.25) is 0 Å². The van der Waals surface area contributed by atoms with Gasteiger partial charge in [0, 0.05) is 12.8 Å². The molecule has 0 aliphatic heterocycles. The van der Waals surface area contributed by atoms with Crippen LogP contribution in [0, 0.1) is 22.7 Å². The van der Waals surface area contributed by atoms with Gasteiger partial charge in [-0.05, 0) is 37.7 Å². The Labute approximate surface area is 95.0 Å². The lowest BCUT2D eigenvalue weighted by molar-refractivity contribution is 0.875. The highest BCUT2D eigenvalue weighted by atomic mass is 31.1. The zero-order valence-electron chi connectivity index (χ0n) is 9.71. The summed E-state index contributed by atoms with van der Waals surface area (Å²) in [7, 11) is 0.108. The van der Waals surface area contributed by atoms with E-state index in [2.05, 4.69) is 19.1 Å². The summed E-state index contributed by atoms with van der Waals surface area (Å²) >= 11 is 0. The van der Waals surface area contributed by atoms with E-state index in [1.165, 1.54) is 31.3 Å². The zero-order valence-corrected chi connectivity index (χ0v) is 10.6. The van der Waals surface area contributed by atoms with E-state index in [0.717, 1.165) is 12.8 Å². The van der Waals surface area contributed by atoms with Gasteiger partial charge in [0.2, 0.25) is 0 Å². The normalized spacial score (nSPS) is 9.87. The van der Waals surface area contributed by atoms with Crippen molar-refractivity contribution in [1.29, 1.82) is 10.5 Å². The maximum absolute atomic E-state index is 8.48. The average Bonchev–Trinajstić information content (AvgIpc) is 2.25. The highest BCUT2D eigenvalue weighted by Gasteiger charge is 2.06. The second kappa shape index (κ2) is 11.5. The molecule has 0 aliphatic carbocycles. The Balaban J connectivity index is 3.64. The highest BCUT2D eigenvalue weighted by molar-refractivity contribution is 7.57. The van der Waals surface area contributed by atoms with Crippen LogP contribution in [0.3, 0.4) is 0 Å². The Morgan fingerprint density at radius 1 is 0.867 bits per heavy atom. The van der Waals surface area contributed by atoms with Crippen LogP contribution in [0.1, 0.15) is 45.4 Å². The third-order valence-electron chi connectivity index (χ3n) is 2.35. The minimum Gasteiger partial charge on any atom is -0.198 e. The predicted octanol–water partition coefficient (Wildman–Crippen LogP) is 3.88. The van der Waals surface area contributed by atoms with Gasteiger partial charge in [0.1, 0.15) is 0 Å². The van der Waals surface area contributed by atoms with Gasteiger partial charge in [0.25, 0.3) is 0 Å². The Bertz CT molecular complexity index is 195. The van der Waals surface area contributed by atoms with Crippen molar-refractivity contribution in [2.75, 3.05) is 18.5 Å². The van der Waals surface area contributed by atoms with E-state index < -0.39 is 0 Å². The van der Waals surface area contributed by atoms with Gasteiger partial charge < -0.3 is 0 Å². The van der Waals surface area contributed by atoms with E-state index in [0.29, 0.717) is 12.8 Å². The molecule has 0 N–H and O–H groups in total. The van der Waals surface area contributed by atoms with Gasteiger partial charge in [-0.2, -0.15) is 10.5 Å². The standard InChI is InChI=1S/C12H21N2P/c1-2-3-10-15(11-6-4-8-13)12-7-5-9-14/h2-7,10-12H2,1H3. The maximum Gasteiger partial charge on any atom is 0.0621 e. The van der Waals surface area contributed by atoms with Crippen LogP contribution in [0.15, 0.2) is 0 Å². The van der Waals surface area contributed by atoms with E-state index in [4.69, 9.17) is 10.5 Å². The monoisotopic (exact) mass is 224 g/mol. The SMILES string of the molecule is CCCCP(CCCC#N)CCCC#N. The third kappa shape index (κ3) is 9.71. The molecule has 0 saturated heterocycles. The van der Waals surface area contributed by atoms with Crippen LogP contribution in [0.25, 0.3) is 0 Å². The average molecular weight is 224 g/mol. The first kappa shape index (κ1) is 14.4. The molecule has 0 aliphatic rings. The van der Waals surface area contributed by atoms with Crippen LogP contribution in [-0.4, -0.2) is 18.5 Å². The Morgan fingerprint density at radius 3 is 1.73 bits per heavy atom. The molecule has 0 fully saturated rings. The highest BCUT2D eigenvalue weighted by Crippen LogP contribution is 2.38. The number of nitriles is 2. The summed E-state index contributed by atoms with van der Waals surface area (Å²) in [4.78, 5) is 0. The number of nitrogens with zero attached hydrogens (tertiary/aromatic N) is 2. The molecule has 0 atom stereocenters. The molecule has 0 rings (SSSR count). The zero-order chi connectivity index (χ0) is 11.4. The van der Waals surface area contributed by atoms with Gasteiger partial charge >= 0.3 is 0 Å². The molecule has 0 saturated carbocycles. The first-order valence-corrected chi connectivity index (χ1v) is 7.71. The van der Waals surface area contributed by atoms with E-state index >= 15 is 0 Å². The van der Waals surface area contributed by atoms with Crippen molar-refractivity contribution in [2.24, 2.45) is 0 Å². The maximum atomic E-state index is 8.48. The van der Waals surface area contributed by atoms with Crippen molar-refractivity contribution in [3.8, 4) is 12.1 Å². The number of rotatable bonds is 9. The lowest BCUT2D eigenvalue weighted by Gasteiger charge is -2.15. The molecule has 2 nitrogen and oxygen atoms in total. The van der Waals surface area contributed by atoms with Crippen LogP contribution in [0.4, 0.5) is 0 Å². The van der Waals surface area contributed by atoms with Crippen LogP contribution >= 0.6 is 7.92 Å². The molecule has 0 spiro atoms. The molecule has 0 radical (unpaired) electrons. The third-order valence-corrected chi connectivity index (χ3v) is 5.20. The molecular weight excluding hydrogens is 203 g/mol. The summed E-state index contributed by atoms with van der Waals surface area (Å²) in [6.45, 7) is 2.22. The van der Waals surface area contributed by atoms with Crippen molar-refractivity contribution >= 4 is 7.92 Å². The van der Waals surface area contributed by atoms with Crippen LogP contribution in [-0.2, 0) is 0 Å². The van der Waals surface area contributed by atoms with Crippen molar-refractivity contribution in [1.82, 2.24) is 0 Å². The van der Waals surface area contributed by atoms with Crippen molar-refractivity contribution in [3.63, 3.8) is 0 Å². The molecule has 0 heterocycles. The molecule has 0 aromatic rings. The van der Waals surface area contributed by atoms with E-state index in [1.807, 2.05) is 0 Å². The summed E-state index contributed by atoms with van der Waals surface area (Å²) in [6.07, 6.45) is 9.87. The molecule has 0 bridgehead atoms. The summed E-state index contributed by atoms with van der Waals surface area (Å²) in [5.41, 5.74) is 0. The molecule has 0 amide bonds. The van der Waals surface area contributed by atoms with Crippen LogP contribution in [0.2, 0.25) is 0 Å². The molecule has 0 aromatic heterocycles. The minimum atomic E-state index is 0.108. The number of unbranched alkanes of at least 4 members (excludes halogenated alkanes) is 3. The van der Waals surface area contributed by atoms with Gasteiger partial charge in [-0.15, -0.1) is 7.92 Å². The summed E-state index contributed by atoms with van der Waals surface area (Å²) < 4.78 is 0. The summed E-state index contributed by atoms with van der Waals surface area (Å²) in [5.74, 6) is 0. The molecule has 84 valence electrons. The Hall–Kier alpha value is -0.590. The predicted molar refractivity (Wildman–Crippen MR) is 66.1 cm³/mol. The van der Waals surface area contributed by atoms with Crippen LogP contribution in [0.5, 0.6) is 0 Å². The first-order valence-electron chi connectivity index (χ1n) is 5.81. The smallest absolute Gasteiger partial charge is 0.0621 e. The fourth-order valence-electron chi connectivity index (χ4n) is 1.48. The largest absolute Gasteiger partial charge is 0.198 e. The van der Waals surface area contributed by atoms with Crippen molar-refractivity contribution < 1.29 is 0 Å². The lowest BCUT2D eigenvalue weighted by Crippen LogP contribution is -1.95. The van der Waals surface area contributed by atoms with E-state index in [9.17, 15) is 0 Å². The Morgan fingerprint density at radius 2 is 1.33 bits per heavy atom. The quantitative estimate of drug-likeness (QED) is 0.441. The van der Waals surface area contributed by atoms with E-state index in [-0.39, 0.29) is 7.92 Å². The van der Waals surface area contributed by atoms with Gasteiger partial charge in [0.15, 0.2) is 0 Å². The summed E-state index contributed by atoms with van der Waals surface area (Å²) in [5, 5.41) is 17.0. The fourth-order valence-corrected chi connectivity index (χ4v) is 4.13. The number of hydrogen-bond acceptors (Lipinski definition) is 2.